The molecule has 2 heterocycles. The van der Waals surface area contributed by atoms with Gasteiger partial charge in [0.05, 0.1) is 0 Å². The number of rotatable bonds is 4. The predicted molar refractivity (Wildman–Crippen MR) is 48.1 cm³/mol. The second-order valence-electron chi connectivity index (χ2n) is 2.94. The van der Waals surface area contributed by atoms with Crippen molar-refractivity contribution in [2.45, 2.75) is 6.54 Å². The monoisotopic (exact) mass is 201 g/mol. The van der Waals surface area contributed by atoms with Gasteiger partial charge >= 0.3 is 0 Å². The Morgan fingerprint density at radius 3 is 2.85 bits per heavy atom. The van der Waals surface area contributed by atoms with Crippen LogP contribution in [0.4, 0.5) is 0 Å². The first-order valence-electron chi connectivity index (χ1n) is 4.05. The number of hydrogen-bond acceptors (Lipinski definition) is 2. The Bertz CT molecular complexity index is 366. The van der Waals surface area contributed by atoms with Crippen molar-refractivity contribution >= 4 is 10.2 Å². The molecule has 1 aromatic rings. The number of aromatic nitrogens is 1. The summed E-state index contributed by atoms with van der Waals surface area (Å²) in [6, 6.07) is 1.84. The molecule has 6 heteroatoms. The highest BCUT2D eigenvalue weighted by molar-refractivity contribution is 7.87. The molecule has 0 radical (unpaired) electrons. The molecule has 0 saturated carbocycles. The van der Waals surface area contributed by atoms with Crippen molar-refractivity contribution in [3.8, 4) is 0 Å². The predicted octanol–water partition coefficient (Wildman–Crippen LogP) is -0.335. The Kier molecular flexibility index (Phi) is 2.10. The highest BCUT2D eigenvalue weighted by atomic mass is 32.2. The van der Waals surface area contributed by atoms with Crippen molar-refractivity contribution in [1.29, 1.82) is 0 Å². The summed E-state index contributed by atoms with van der Waals surface area (Å²) in [5.41, 5.74) is 0.936. The van der Waals surface area contributed by atoms with Crippen LogP contribution in [0, 0.1) is 0 Å². The van der Waals surface area contributed by atoms with E-state index in [-0.39, 0.29) is 0 Å². The van der Waals surface area contributed by atoms with Crippen LogP contribution in [-0.4, -0.2) is 30.8 Å². The van der Waals surface area contributed by atoms with Crippen LogP contribution in [0.3, 0.4) is 0 Å². The summed E-state index contributed by atoms with van der Waals surface area (Å²) >= 11 is 0. The first-order chi connectivity index (χ1) is 6.18. The Labute approximate surface area is 76.9 Å². The van der Waals surface area contributed by atoms with E-state index in [4.69, 9.17) is 0 Å². The quantitative estimate of drug-likeness (QED) is 0.655. The third-order valence-electron chi connectivity index (χ3n) is 1.87. The largest absolute Gasteiger partial charge is 0.367 e. The average Bonchev–Trinajstić information content (AvgIpc) is 2.82. The molecular weight excluding hydrogens is 190 g/mol. The van der Waals surface area contributed by atoms with Gasteiger partial charge in [0, 0.05) is 32.0 Å². The Balaban J connectivity index is 1.92. The molecule has 1 aliphatic heterocycles. The fraction of sp³-hybridized carbons (Fsp3) is 0.429. The van der Waals surface area contributed by atoms with Gasteiger partial charge in [0.15, 0.2) is 0 Å². The maximum Gasteiger partial charge on any atom is 0.279 e. The minimum absolute atomic E-state index is 0.350. The van der Waals surface area contributed by atoms with E-state index < -0.39 is 10.2 Å². The third kappa shape index (κ3) is 2.09. The van der Waals surface area contributed by atoms with Gasteiger partial charge in [0.25, 0.3) is 10.2 Å². The van der Waals surface area contributed by atoms with Crippen molar-refractivity contribution in [3.05, 3.63) is 24.0 Å². The molecule has 0 aromatic carbocycles. The van der Waals surface area contributed by atoms with E-state index in [0.717, 1.165) is 5.56 Å². The maximum absolute atomic E-state index is 11.3. The first-order valence-corrected chi connectivity index (χ1v) is 5.49. The van der Waals surface area contributed by atoms with E-state index in [0.29, 0.717) is 19.6 Å². The van der Waals surface area contributed by atoms with Crippen LogP contribution in [0.5, 0.6) is 0 Å². The van der Waals surface area contributed by atoms with E-state index in [1.165, 1.54) is 4.31 Å². The third-order valence-corrected chi connectivity index (χ3v) is 3.42. The van der Waals surface area contributed by atoms with E-state index in [2.05, 4.69) is 9.71 Å². The van der Waals surface area contributed by atoms with Crippen molar-refractivity contribution in [1.82, 2.24) is 14.0 Å². The van der Waals surface area contributed by atoms with E-state index in [9.17, 15) is 8.42 Å². The van der Waals surface area contributed by atoms with Gasteiger partial charge in [-0.25, -0.2) is 0 Å². The van der Waals surface area contributed by atoms with Gasteiger partial charge in [0.2, 0.25) is 0 Å². The van der Waals surface area contributed by atoms with Crippen LogP contribution in [0.2, 0.25) is 0 Å². The lowest BCUT2D eigenvalue weighted by Crippen LogP contribution is -2.29. The first kappa shape index (κ1) is 8.74. The normalized spacial score (nSPS) is 17.5. The molecule has 5 nitrogen and oxygen atoms in total. The maximum atomic E-state index is 11.3. The SMILES string of the molecule is O=S(=O)(NCc1cc[nH]c1)N1CC1. The highest BCUT2D eigenvalue weighted by Gasteiger charge is 2.31. The van der Waals surface area contributed by atoms with Gasteiger partial charge in [-0.15, -0.1) is 0 Å². The zero-order valence-corrected chi connectivity index (χ0v) is 7.84. The standard InChI is InChI=1S/C7H11N3O2S/c11-13(12,10-3-4-10)9-6-7-1-2-8-5-7/h1-2,5,8-9H,3-4,6H2. The number of aromatic amines is 1. The second kappa shape index (κ2) is 3.13. The van der Waals surface area contributed by atoms with Crippen LogP contribution < -0.4 is 4.72 Å². The Hall–Kier alpha value is -0.850. The van der Waals surface area contributed by atoms with E-state index in [1.807, 2.05) is 6.07 Å². The van der Waals surface area contributed by atoms with Crippen LogP contribution in [-0.2, 0) is 16.8 Å². The van der Waals surface area contributed by atoms with Crippen LogP contribution in [0.15, 0.2) is 18.5 Å². The Morgan fingerprint density at radius 1 is 1.54 bits per heavy atom. The minimum atomic E-state index is -3.19. The molecule has 1 saturated heterocycles. The van der Waals surface area contributed by atoms with E-state index >= 15 is 0 Å². The molecule has 0 atom stereocenters. The fourth-order valence-corrected chi connectivity index (χ4v) is 2.11. The number of nitrogens with zero attached hydrogens (tertiary/aromatic N) is 1. The molecule has 1 aliphatic rings. The zero-order chi connectivity index (χ0) is 9.31. The average molecular weight is 201 g/mol. The lowest BCUT2D eigenvalue weighted by molar-refractivity contribution is 0.547. The van der Waals surface area contributed by atoms with Gasteiger partial charge < -0.3 is 4.98 Å². The molecule has 72 valence electrons. The van der Waals surface area contributed by atoms with Gasteiger partial charge in [-0.05, 0) is 11.6 Å². The molecular formula is C7H11N3O2S. The van der Waals surface area contributed by atoms with E-state index in [1.54, 1.807) is 12.4 Å². The lowest BCUT2D eigenvalue weighted by Gasteiger charge is -2.04. The van der Waals surface area contributed by atoms with Crippen molar-refractivity contribution in [3.63, 3.8) is 0 Å². The number of hydrogen-bond donors (Lipinski definition) is 2. The summed E-state index contributed by atoms with van der Waals surface area (Å²) in [5.74, 6) is 0. The summed E-state index contributed by atoms with van der Waals surface area (Å²) in [7, 11) is -3.19. The topological polar surface area (TPSA) is 65.0 Å². The molecule has 1 fully saturated rings. The summed E-state index contributed by atoms with van der Waals surface area (Å²) in [6.07, 6.45) is 3.53. The van der Waals surface area contributed by atoms with Crippen molar-refractivity contribution in [2.75, 3.05) is 13.1 Å². The van der Waals surface area contributed by atoms with Gasteiger partial charge in [-0.3, -0.25) is 0 Å². The zero-order valence-electron chi connectivity index (χ0n) is 7.03. The highest BCUT2D eigenvalue weighted by Crippen LogP contribution is 2.09. The smallest absolute Gasteiger partial charge is 0.279 e. The van der Waals surface area contributed by atoms with Gasteiger partial charge in [-0.1, -0.05) is 0 Å². The van der Waals surface area contributed by atoms with Gasteiger partial charge in [0.1, 0.15) is 0 Å². The molecule has 0 aliphatic carbocycles. The molecule has 0 bridgehead atoms. The minimum Gasteiger partial charge on any atom is -0.367 e. The van der Waals surface area contributed by atoms with Crippen molar-refractivity contribution in [2.24, 2.45) is 0 Å². The molecule has 2 N–H and O–H groups in total. The molecule has 0 unspecified atom stereocenters. The fourth-order valence-electron chi connectivity index (χ4n) is 1.02. The summed E-state index contributed by atoms with van der Waals surface area (Å²) in [6.45, 7) is 1.63. The Morgan fingerprint density at radius 2 is 2.31 bits per heavy atom. The molecule has 2 rings (SSSR count). The number of H-pyrrole nitrogens is 1. The van der Waals surface area contributed by atoms with Crippen LogP contribution >= 0.6 is 0 Å². The second-order valence-corrected chi connectivity index (χ2v) is 4.70. The molecule has 1 aromatic heterocycles. The lowest BCUT2D eigenvalue weighted by atomic mass is 10.4. The molecule has 13 heavy (non-hydrogen) atoms. The van der Waals surface area contributed by atoms with Gasteiger partial charge in [-0.2, -0.15) is 17.4 Å². The summed E-state index contributed by atoms with van der Waals surface area (Å²) in [4.78, 5) is 2.86. The summed E-state index contributed by atoms with van der Waals surface area (Å²) in [5, 5.41) is 0. The van der Waals surface area contributed by atoms with Crippen molar-refractivity contribution < 1.29 is 8.42 Å². The van der Waals surface area contributed by atoms with Crippen LogP contribution in [0.1, 0.15) is 5.56 Å². The molecule has 0 spiro atoms. The van der Waals surface area contributed by atoms with Crippen LogP contribution in [0.25, 0.3) is 0 Å². The summed E-state index contributed by atoms with van der Waals surface area (Å²) < 4.78 is 26.5. The molecule has 0 amide bonds. The number of nitrogens with one attached hydrogen (secondary N) is 2.